The van der Waals surface area contributed by atoms with Crippen LogP contribution in [0.5, 0.6) is 0 Å². The lowest BCUT2D eigenvalue weighted by atomic mass is 9.83. The van der Waals surface area contributed by atoms with Crippen LogP contribution in [-0.4, -0.2) is 22.4 Å². The fourth-order valence-electron chi connectivity index (χ4n) is 3.44. The lowest BCUT2D eigenvalue weighted by Gasteiger charge is -2.35. The van der Waals surface area contributed by atoms with Gasteiger partial charge in [-0.2, -0.15) is 13.2 Å². The maximum absolute atomic E-state index is 13.0. The van der Waals surface area contributed by atoms with Gasteiger partial charge < -0.3 is 10.1 Å². The van der Waals surface area contributed by atoms with Crippen LogP contribution in [-0.2, 0) is 15.7 Å². The van der Waals surface area contributed by atoms with E-state index in [0.717, 1.165) is 30.7 Å². The number of ether oxygens (including phenoxy) is 1. The van der Waals surface area contributed by atoms with Crippen molar-refractivity contribution < 1.29 is 32.4 Å². The minimum absolute atomic E-state index is 0.0962. The number of alkyl halides is 3. The summed E-state index contributed by atoms with van der Waals surface area (Å²) < 4.78 is 43.7. The maximum atomic E-state index is 13.0. The summed E-state index contributed by atoms with van der Waals surface area (Å²) in [6.45, 7) is 0. The Morgan fingerprint density at radius 2 is 1.55 bits per heavy atom. The molecular formula is C21H19F3N2O5. The van der Waals surface area contributed by atoms with E-state index in [0.29, 0.717) is 18.5 Å². The van der Waals surface area contributed by atoms with Crippen LogP contribution in [0.25, 0.3) is 0 Å². The van der Waals surface area contributed by atoms with Crippen LogP contribution >= 0.6 is 0 Å². The zero-order valence-electron chi connectivity index (χ0n) is 16.3. The number of non-ortho nitro benzene ring substituents is 1. The first-order chi connectivity index (χ1) is 14.6. The number of nitro benzene ring substituents is 1. The first-order valence-electron chi connectivity index (χ1n) is 9.57. The number of carbonyl (C=O) groups is 2. The molecule has 2 aromatic carbocycles. The quantitative estimate of drug-likeness (QED) is 0.399. The van der Waals surface area contributed by atoms with E-state index >= 15 is 0 Å². The number of benzene rings is 2. The number of hydrogen-bond acceptors (Lipinski definition) is 5. The molecule has 1 aliphatic carbocycles. The molecular weight excluding hydrogens is 417 g/mol. The SMILES string of the molecule is O=C(OC1(C(=O)Nc2ccc([N+](=O)[O-])cc2)CCCCC1)c1ccc(C(F)(F)F)cc1. The van der Waals surface area contributed by atoms with Gasteiger partial charge >= 0.3 is 12.1 Å². The molecule has 3 rings (SSSR count). The largest absolute Gasteiger partial charge is 0.445 e. The average molecular weight is 436 g/mol. The molecule has 0 spiro atoms. The van der Waals surface area contributed by atoms with E-state index in [4.69, 9.17) is 4.74 Å². The summed E-state index contributed by atoms with van der Waals surface area (Å²) >= 11 is 0. The molecule has 0 unspecified atom stereocenters. The van der Waals surface area contributed by atoms with Crippen molar-refractivity contribution in [2.75, 3.05) is 5.32 Å². The molecule has 0 aliphatic heterocycles. The second-order valence-corrected chi connectivity index (χ2v) is 7.28. The summed E-state index contributed by atoms with van der Waals surface area (Å²) in [7, 11) is 0. The van der Waals surface area contributed by atoms with Crippen molar-refractivity contribution in [2.24, 2.45) is 0 Å². The number of halogens is 3. The monoisotopic (exact) mass is 436 g/mol. The fraction of sp³-hybridized carbons (Fsp3) is 0.333. The van der Waals surface area contributed by atoms with E-state index in [1.54, 1.807) is 0 Å². The third-order valence-electron chi connectivity index (χ3n) is 5.15. The predicted molar refractivity (Wildman–Crippen MR) is 104 cm³/mol. The second kappa shape index (κ2) is 8.75. The minimum Gasteiger partial charge on any atom is -0.445 e. The van der Waals surface area contributed by atoms with Crippen molar-refractivity contribution >= 4 is 23.3 Å². The summed E-state index contributed by atoms with van der Waals surface area (Å²) in [5.41, 5.74) is -2.31. The summed E-state index contributed by atoms with van der Waals surface area (Å²) in [5, 5.41) is 13.4. The van der Waals surface area contributed by atoms with Crippen molar-refractivity contribution in [1.82, 2.24) is 0 Å². The van der Waals surface area contributed by atoms with E-state index in [-0.39, 0.29) is 24.1 Å². The second-order valence-electron chi connectivity index (χ2n) is 7.28. The Bertz CT molecular complexity index is 966. The van der Waals surface area contributed by atoms with Crippen molar-refractivity contribution in [3.63, 3.8) is 0 Å². The van der Waals surface area contributed by atoms with Gasteiger partial charge in [0.05, 0.1) is 16.1 Å². The Kier molecular flexibility index (Phi) is 6.28. The van der Waals surface area contributed by atoms with Crippen molar-refractivity contribution in [1.29, 1.82) is 0 Å². The standard InChI is InChI=1S/C21H19F3N2O5/c22-21(23,24)15-6-4-14(5-7-15)18(27)31-20(12-2-1-3-13-20)19(28)25-16-8-10-17(11-9-16)26(29)30/h4-11H,1-3,12-13H2,(H,25,28). The van der Waals surface area contributed by atoms with Crippen LogP contribution in [0, 0.1) is 10.1 Å². The Morgan fingerprint density at radius 1 is 0.968 bits per heavy atom. The molecule has 0 atom stereocenters. The number of amides is 1. The highest BCUT2D eigenvalue weighted by Crippen LogP contribution is 2.35. The van der Waals surface area contributed by atoms with Crippen LogP contribution in [0.15, 0.2) is 48.5 Å². The van der Waals surface area contributed by atoms with Crippen LogP contribution in [0.2, 0.25) is 0 Å². The third-order valence-corrected chi connectivity index (χ3v) is 5.15. The van der Waals surface area contributed by atoms with E-state index in [9.17, 15) is 32.9 Å². The Hall–Kier alpha value is -3.43. The van der Waals surface area contributed by atoms with Gasteiger partial charge in [-0.15, -0.1) is 0 Å². The number of carbonyl (C=O) groups excluding carboxylic acids is 2. The molecule has 10 heteroatoms. The molecule has 1 N–H and O–H groups in total. The number of esters is 1. The lowest BCUT2D eigenvalue weighted by molar-refractivity contribution is -0.384. The highest BCUT2D eigenvalue weighted by Gasteiger charge is 2.43. The molecule has 1 aliphatic rings. The fourth-order valence-corrected chi connectivity index (χ4v) is 3.44. The molecule has 0 radical (unpaired) electrons. The summed E-state index contributed by atoms with van der Waals surface area (Å²) in [4.78, 5) is 35.8. The van der Waals surface area contributed by atoms with Gasteiger partial charge in [-0.25, -0.2) is 4.79 Å². The molecule has 2 aromatic rings. The average Bonchev–Trinajstić information content (AvgIpc) is 2.74. The zero-order valence-corrected chi connectivity index (χ0v) is 16.3. The van der Waals surface area contributed by atoms with Gasteiger partial charge in [0.2, 0.25) is 0 Å². The van der Waals surface area contributed by atoms with Crippen LogP contribution in [0.4, 0.5) is 24.5 Å². The normalized spacial score (nSPS) is 15.7. The van der Waals surface area contributed by atoms with E-state index in [1.165, 1.54) is 24.3 Å². The van der Waals surface area contributed by atoms with Gasteiger partial charge in [-0.1, -0.05) is 6.42 Å². The molecule has 0 heterocycles. The number of anilines is 1. The first-order valence-corrected chi connectivity index (χ1v) is 9.57. The Labute approximate surface area is 175 Å². The minimum atomic E-state index is -4.53. The highest BCUT2D eigenvalue weighted by molar-refractivity contribution is 6.00. The van der Waals surface area contributed by atoms with Crippen molar-refractivity contribution in [2.45, 2.75) is 43.9 Å². The number of hydrogen-bond donors (Lipinski definition) is 1. The van der Waals surface area contributed by atoms with Gasteiger partial charge in [-0.3, -0.25) is 14.9 Å². The van der Waals surface area contributed by atoms with Crippen LogP contribution in [0.3, 0.4) is 0 Å². The number of nitrogens with zero attached hydrogens (tertiary/aromatic N) is 1. The van der Waals surface area contributed by atoms with Crippen LogP contribution < -0.4 is 5.32 Å². The van der Waals surface area contributed by atoms with Gasteiger partial charge in [0.25, 0.3) is 11.6 Å². The third kappa shape index (κ3) is 5.19. The molecule has 1 fully saturated rings. The highest BCUT2D eigenvalue weighted by atomic mass is 19.4. The molecule has 164 valence electrons. The Morgan fingerprint density at radius 3 is 2.06 bits per heavy atom. The number of rotatable bonds is 5. The lowest BCUT2D eigenvalue weighted by Crippen LogP contribution is -2.48. The Balaban J connectivity index is 1.77. The topological polar surface area (TPSA) is 98.5 Å². The van der Waals surface area contributed by atoms with Gasteiger partial charge in [-0.05, 0) is 62.1 Å². The molecule has 1 amide bonds. The maximum Gasteiger partial charge on any atom is 0.416 e. The van der Waals surface area contributed by atoms with Gasteiger partial charge in [0.1, 0.15) is 0 Å². The summed E-state index contributed by atoms with van der Waals surface area (Å²) in [5.74, 6) is -1.48. The molecule has 1 saturated carbocycles. The van der Waals surface area contributed by atoms with E-state index in [2.05, 4.69) is 5.32 Å². The molecule has 0 bridgehead atoms. The van der Waals surface area contributed by atoms with Gasteiger partial charge in [0, 0.05) is 17.8 Å². The van der Waals surface area contributed by atoms with Crippen molar-refractivity contribution in [3.05, 3.63) is 69.8 Å². The predicted octanol–water partition coefficient (Wildman–Crippen LogP) is 5.11. The molecule has 0 saturated heterocycles. The van der Waals surface area contributed by atoms with E-state index in [1.807, 2.05) is 0 Å². The van der Waals surface area contributed by atoms with E-state index < -0.39 is 34.1 Å². The number of nitro groups is 1. The molecule has 31 heavy (non-hydrogen) atoms. The smallest absolute Gasteiger partial charge is 0.416 e. The van der Waals surface area contributed by atoms with Gasteiger partial charge in [0.15, 0.2) is 5.60 Å². The van der Waals surface area contributed by atoms with Crippen LogP contribution in [0.1, 0.15) is 48.0 Å². The summed E-state index contributed by atoms with van der Waals surface area (Å²) in [6, 6.07) is 8.78. The summed E-state index contributed by atoms with van der Waals surface area (Å²) in [6.07, 6.45) is -1.89. The molecule has 0 aromatic heterocycles. The zero-order chi connectivity index (χ0) is 22.6. The molecule has 7 nitrogen and oxygen atoms in total. The van der Waals surface area contributed by atoms with Crippen molar-refractivity contribution in [3.8, 4) is 0 Å². The first kappa shape index (κ1) is 22.3. The number of nitrogens with one attached hydrogen (secondary N) is 1.